The smallest absolute Gasteiger partial charge is 0.240 e. The lowest BCUT2D eigenvalue weighted by atomic mass is 9.89. The zero-order valence-electron chi connectivity index (χ0n) is 10.5. The molecule has 0 aromatic rings. The number of hydrazine groups is 1. The first-order chi connectivity index (χ1) is 7.88. The van der Waals surface area contributed by atoms with Gasteiger partial charge in [0.1, 0.15) is 0 Å². The second-order valence-corrected chi connectivity index (χ2v) is 5.24. The first-order valence-corrected chi connectivity index (χ1v) is 5.93. The molecule has 0 bridgehead atoms. The van der Waals surface area contributed by atoms with Gasteiger partial charge in [0.25, 0.3) is 0 Å². The van der Waals surface area contributed by atoms with Gasteiger partial charge in [0.2, 0.25) is 11.8 Å². The molecule has 1 unspecified atom stereocenters. The first-order valence-electron chi connectivity index (χ1n) is 5.93. The number of rotatable bonds is 4. The topological polar surface area (TPSA) is 101 Å². The fourth-order valence-corrected chi connectivity index (χ4v) is 2.28. The van der Waals surface area contributed by atoms with Crippen LogP contribution in [0.25, 0.3) is 0 Å². The molecule has 0 aromatic carbocycles. The van der Waals surface area contributed by atoms with Gasteiger partial charge in [-0.3, -0.25) is 19.9 Å². The summed E-state index contributed by atoms with van der Waals surface area (Å²) in [5, 5.41) is 0. The quantitative estimate of drug-likeness (QED) is 0.346. The van der Waals surface area contributed by atoms with E-state index in [1.165, 1.54) is 0 Å². The molecule has 17 heavy (non-hydrogen) atoms. The highest BCUT2D eigenvalue weighted by molar-refractivity contribution is 5.82. The van der Waals surface area contributed by atoms with Gasteiger partial charge in [-0.2, -0.15) is 0 Å². The van der Waals surface area contributed by atoms with E-state index in [2.05, 4.69) is 5.43 Å². The molecule has 1 atom stereocenters. The normalized spacial score (nSPS) is 22.2. The Morgan fingerprint density at radius 1 is 1.41 bits per heavy atom. The maximum absolute atomic E-state index is 11.6. The molecular weight excluding hydrogens is 220 g/mol. The van der Waals surface area contributed by atoms with Crippen molar-refractivity contribution >= 4 is 11.8 Å². The second-order valence-electron chi connectivity index (χ2n) is 5.24. The van der Waals surface area contributed by atoms with E-state index >= 15 is 0 Å². The van der Waals surface area contributed by atoms with Gasteiger partial charge in [0, 0.05) is 6.54 Å². The van der Waals surface area contributed by atoms with Gasteiger partial charge in [-0.05, 0) is 33.2 Å². The van der Waals surface area contributed by atoms with Crippen LogP contribution in [0.5, 0.6) is 0 Å². The SMILES string of the molecule is CC(C)(CN1CCCCC1C(N)=O)C(=O)NN. The Morgan fingerprint density at radius 3 is 2.59 bits per heavy atom. The van der Waals surface area contributed by atoms with E-state index in [-0.39, 0.29) is 17.9 Å². The molecule has 1 aliphatic heterocycles. The van der Waals surface area contributed by atoms with Crippen molar-refractivity contribution in [1.29, 1.82) is 0 Å². The van der Waals surface area contributed by atoms with E-state index in [4.69, 9.17) is 11.6 Å². The van der Waals surface area contributed by atoms with Crippen molar-refractivity contribution in [3.05, 3.63) is 0 Å². The zero-order chi connectivity index (χ0) is 13.1. The predicted molar refractivity (Wildman–Crippen MR) is 64.5 cm³/mol. The Morgan fingerprint density at radius 2 is 2.06 bits per heavy atom. The molecule has 6 nitrogen and oxygen atoms in total. The third-order valence-electron chi connectivity index (χ3n) is 3.29. The number of hydrogen-bond donors (Lipinski definition) is 3. The Labute approximate surface area is 102 Å². The summed E-state index contributed by atoms with van der Waals surface area (Å²) in [4.78, 5) is 24.9. The monoisotopic (exact) mass is 242 g/mol. The van der Waals surface area contributed by atoms with Gasteiger partial charge in [0.15, 0.2) is 0 Å². The number of amides is 2. The molecule has 2 amide bonds. The number of nitrogens with zero attached hydrogens (tertiary/aromatic N) is 1. The summed E-state index contributed by atoms with van der Waals surface area (Å²) in [5.41, 5.74) is 6.91. The van der Waals surface area contributed by atoms with Gasteiger partial charge >= 0.3 is 0 Å². The third-order valence-corrected chi connectivity index (χ3v) is 3.29. The number of hydrogen-bond acceptors (Lipinski definition) is 4. The number of primary amides is 1. The summed E-state index contributed by atoms with van der Waals surface area (Å²) in [6, 6.07) is -0.256. The molecule has 6 heteroatoms. The predicted octanol–water partition coefficient (Wildman–Crippen LogP) is -0.658. The lowest BCUT2D eigenvalue weighted by molar-refractivity contribution is -0.133. The fraction of sp³-hybridized carbons (Fsp3) is 0.818. The lowest BCUT2D eigenvalue weighted by Gasteiger charge is -2.38. The summed E-state index contributed by atoms with van der Waals surface area (Å²) in [5.74, 6) is 4.61. The first kappa shape index (κ1) is 13.9. The average molecular weight is 242 g/mol. The number of carbonyl (C=O) groups is 2. The van der Waals surface area contributed by atoms with Crippen molar-refractivity contribution in [2.45, 2.75) is 39.2 Å². The molecule has 1 aliphatic rings. The largest absolute Gasteiger partial charge is 0.368 e. The van der Waals surface area contributed by atoms with Gasteiger partial charge in [-0.1, -0.05) is 6.42 Å². The van der Waals surface area contributed by atoms with Crippen LogP contribution >= 0.6 is 0 Å². The molecule has 5 N–H and O–H groups in total. The minimum atomic E-state index is -0.625. The Hall–Kier alpha value is -1.14. The maximum atomic E-state index is 11.6. The summed E-state index contributed by atoms with van der Waals surface area (Å²) in [6.45, 7) is 4.90. The van der Waals surface area contributed by atoms with E-state index < -0.39 is 5.41 Å². The van der Waals surface area contributed by atoms with Gasteiger partial charge in [-0.15, -0.1) is 0 Å². The van der Waals surface area contributed by atoms with Crippen LogP contribution in [-0.2, 0) is 9.59 Å². The lowest BCUT2D eigenvalue weighted by Crippen LogP contribution is -2.54. The highest BCUT2D eigenvalue weighted by Gasteiger charge is 2.35. The van der Waals surface area contributed by atoms with Crippen molar-refractivity contribution in [2.24, 2.45) is 17.0 Å². The number of piperidine rings is 1. The molecule has 0 aromatic heterocycles. The van der Waals surface area contributed by atoms with Gasteiger partial charge in [0.05, 0.1) is 11.5 Å². The Bertz CT molecular complexity index is 304. The number of nitrogens with one attached hydrogen (secondary N) is 1. The van der Waals surface area contributed by atoms with Crippen LogP contribution in [0.15, 0.2) is 0 Å². The summed E-state index contributed by atoms with van der Waals surface area (Å²) in [6.07, 6.45) is 2.81. The average Bonchev–Trinajstić information content (AvgIpc) is 2.27. The van der Waals surface area contributed by atoms with Gasteiger partial charge in [-0.25, -0.2) is 5.84 Å². The third kappa shape index (κ3) is 3.41. The highest BCUT2D eigenvalue weighted by Crippen LogP contribution is 2.23. The molecule has 0 radical (unpaired) electrons. The molecule has 0 aliphatic carbocycles. The van der Waals surface area contributed by atoms with Crippen molar-refractivity contribution in [2.75, 3.05) is 13.1 Å². The van der Waals surface area contributed by atoms with E-state index in [9.17, 15) is 9.59 Å². The van der Waals surface area contributed by atoms with E-state index in [1.54, 1.807) is 0 Å². The molecule has 0 saturated carbocycles. The van der Waals surface area contributed by atoms with Crippen LogP contribution in [0.4, 0.5) is 0 Å². The summed E-state index contributed by atoms with van der Waals surface area (Å²) >= 11 is 0. The standard InChI is InChI=1S/C11H22N4O2/c1-11(2,10(17)14-13)7-15-6-4-3-5-8(15)9(12)16/h8H,3-7,13H2,1-2H3,(H2,12,16)(H,14,17). The molecule has 1 saturated heterocycles. The summed E-state index contributed by atoms with van der Waals surface area (Å²) < 4.78 is 0. The van der Waals surface area contributed by atoms with Crippen LogP contribution in [-0.4, -0.2) is 35.8 Å². The molecule has 1 fully saturated rings. The van der Waals surface area contributed by atoms with Crippen molar-refractivity contribution in [3.63, 3.8) is 0 Å². The molecule has 1 rings (SSSR count). The van der Waals surface area contributed by atoms with Crippen LogP contribution < -0.4 is 17.0 Å². The van der Waals surface area contributed by atoms with Crippen LogP contribution in [0, 0.1) is 5.41 Å². The minimum absolute atomic E-state index is 0.230. The summed E-state index contributed by atoms with van der Waals surface area (Å²) in [7, 11) is 0. The molecule has 98 valence electrons. The van der Waals surface area contributed by atoms with Crippen LogP contribution in [0.2, 0.25) is 0 Å². The number of carbonyl (C=O) groups excluding carboxylic acids is 2. The fourth-order valence-electron chi connectivity index (χ4n) is 2.28. The van der Waals surface area contributed by atoms with E-state index in [0.29, 0.717) is 6.54 Å². The van der Waals surface area contributed by atoms with Crippen LogP contribution in [0.1, 0.15) is 33.1 Å². The van der Waals surface area contributed by atoms with Crippen LogP contribution in [0.3, 0.4) is 0 Å². The molecule has 0 spiro atoms. The number of nitrogens with two attached hydrogens (primary N) is 2. The van der Waals surface area contributed by atoms with E-state index in [1.807, 2.05) is 18.7 Å². The zero-order valence-corrected chi connectivity index (χ0v) is 10.5. The van der Waals surface area contributed by atoms with Crippen molar-refractivity contribution in [3.8, 4) is 0 Å². The number of likely N-dealkylation sites (tertiary alicyclic amines) is 1. The highest BCUT2D eigenvalue weighted by atomic mass is 16.2. The van der Waals surface area contributed by atoms with Crippen molar-refractivity contribution < 1.29 is 9.59 Å². The van der Waals surface area contributed by atoms with Crippen molar-refractivity contribution in [1.82, 2.24) is 10.3 Å². The Kier molecular flexibility index (Phi) is 4.47. The second kappa shape index (κ2) is 5.46. The molecular formula is C11H22N4O2. The minimum Gasteiger partial charge on any atom is -0.368 e. The van der Waals surface area contributed by atoms with E-state index in [0.717, 1.165) is 25.8 Å². The maximum Gasteiger partial charge on any atom is 0.240 e. The van der Waals surface area contributed by atoms with Gasteiger partial charge < -0.3 is 5.73 Å². The molecule has 1 heterocycles. The Balaban J connectivity index is 2.70.